The second kappa shape index (κ2) is 8.92. The smallest absolute Gasteiger partial charge is 0.257 e. The molecule has 0 aliphatic heterocycles. The Morgan fingerprint density at radius 2 is 1.85 bits per heavy atom. The Hall–Kier alpha value is -3.29. The first kappa shape index (κ1) is 21.6. The van der Waals surface area contributed by atoms with E-state index < -0.39 is 0 Å². The molecule has 0 radical (unpaired) electrons. The summed E-state index contributed by atoms with van der Waals surface area (Å²) in [4.78, 5) is 36.1. The summed E-state index contributed by atoms with van der Waals surface area (Å²) in [6.45, 7) is 1.94. The van der Waals surface area contributed by atoms with E-state index >= 15 is 0 Å². The maximum Gasteiger partial charge on any atom is 0.257 e. The number of benzene rings is 2. The van der Waals surface area contributed by atoms with Gasteiger partial charge in [-0.1, -0.05) is 17.7 Å². The monoisotopic (exact) mass is 476 g/mol. The van der Waals surface area contributed by atoms with E-state index in [0.717, 1.165) is 52.1 Å². The first-order valence-corrected chi connectivity index (χ1v) is 11.9. The number of carbonyl (C=O) groups excluding carboxylic acids is 2. The maximum absolute atomic E-state index is 13.3. The Morgan fingerprint density at radius 1 is 1.03 bits per heavy atom. The number of fused-ring (bicyclic) bond motifs is 2. The van der Waals surface area contributed by atoms with Gasteiger partial charge in [0.2, 0.25) is 5.91 Å². The lowest BCUT2D eigenvalue weighted by atomic mass is 9.90. The summed E-state index contributed by atoms with van der Waals surface area (Å²) in [5.74, 6) is -0.706. The molecule has 0 fully saturated rings. The van der Waals surface area contributed by atoms with E-state index in [1.54, 1.807) is 24.3 Å². The minimum atomic E-state index is -0.361. The Balaban J connectivity index is 1.36. The lowest BCUT2D eigenvalue weighted by Gasteiger charge is -2.20. The van der Waals surface area contributed by atoms with Gasteiger partial charge >= 0.3 is 0 Å². The molecule has 1 atom stereocenters. The van der Waals surface area contributed by atoms with Crippen LogP contribution < -0.4 is 10.6 Å². The van der Waals surface area contributed by atoms with Gasteiger partial charge < -0.3 is 5.32 Å². The Kier molecular flexibility index (Phi) is 5.83. The van der Waals surface area contributed by atoms with E-state index in [0.29, 0.717) is 15.7 Å². The minimum Gasteiger partial charge on any atom is -0.325 e. The highest BCUT2D eigenvalue weighted by molar-refractivity contribution is 7.16. The Morgan fingerprint density at radius 3 is 2.67 bits per heavy atom. The second-order valence-electron chi connectivity index (χ2n) is 8.05. The molecule has 1 aliphatic carbocycles. The molecule has 2 amide bonds. The number of anilines is 2. The summed E-state index contributed by atoms with van der Waals surface area (Å²) in [5, 5.41) is 7.92. The zero-order valence-corrected chi connectivity index (χ0v) is 19.5. The number of hydrogen-bond acceptors (Lipinski definition) is 5. The van der Waals surface area contributed by atoms with E-state index in [2.05, 4.69) is 20.6 Å². The third-order valence-electron chi connectivity index (χ3n) is 5.73. The van der Waals surface area contributed by atoms with Crippen LogP contribution in [0.1, 0.15) is 45.4 Å². The van der Waals surface area contributed by atoms with Crippen molar-refractivity contribution in [2.75, 3.05) is 10.6 Å². The lowest BCUT2D eigenvalue weighted by Crippen LogP contribution is -2.24. The van der Waals surface area contributed by atoms with E-state index in [-0.39, 0.29) is 17.7 Å². The van der Waals surface area contributed by atoms with Crippen molar-refractivity contribution < 1.29 is 9.59 Å². The highest BCUT2D eigenvalue weighted by Gasteiger charge is 2.31. The zero-order valence-electron chi connectivity index (χ0n) is 17.9. The predicted molar refractivity (Wildman–Crippen MR) is 132 cm³/mol. The topological polar surface area (TPSA) is 84.0 Å². The standard InChI is InChI=1S/C25H21ClN4O2S/c1-14-8-13-17-19(27-14)5-3-6-20(17)28-24(32)18-4-2-7-21-22(18)29-25(33-21)30-23(31)15-9-11-16(26)12-10-15/h3,5-6,8-13,18H,2,4,7H2,1H3,(H,28,32)(H,29,30,31). The van der Waals surface area contributed by atoms with Crippen LogP contribution in [0.2, 0.25) is 5.02 Å². The molecule has 0 saturated heterocycles. The number of rotatable bonds is 4. The molecule has 166 valence electrons. The summed E-state index contributed by atoms with van der Waals surface area (Å²) >= 11 is 7.34. The molecule has 2 aromatic heterocycles. The first-order valence-electron chi connectivity index (χ1n) is 10.7. The van der Waals surface area contributed by atoms with Crippen LogP contribution in [-0.4, -0.2) is 21.8 Å². The number of amides is 2. The third-order valence-corrected chi connectivity index (χ3v) is 7.02. The van der Waals surface area contributed by atoms with Gasteiger partial charge in [-0.05, 0) is 74.7 Å². The van der Waals surface area contributed by atoms with Crippen LogP contribution in [0.25, 0.3) is 10.9 Å². The van der Waals surface area contributed by atoms with Gasteiger partial charge in [-0.3, -0.25) is 19.9 Å². The van der Waals surface area contributed by atoms with Gasteiger partial charge in [0.05, 0.1) is 22.8 Å². The van der Waals surface area contributed by atoms with E-state index in [4.69, 9.17) is 11.6 Å². The lowest BCUT2D eigenvalue weighted by molar-refractivity contribution is -0.117. The van der Waals surface area contributed by atoms with Crippen molar-refractivity contribution >= 4 is 56.5 Å². The number of pyridine rings is 1. The number of nitrogens with one attached hydrogen (secondary N) is 2. The highest BCUT2D eigenvalue weighted by atomic mass is 35.5. The number of hydrogen-bond donors (Lipinski definition) is 2. The molecule has 0 spiro atoms. The van der Waals surface area contributed by atoms with Crippen LogP contribution in [0.3, 0.4) is 0 Å². The van der Waals surface area contributed by atoms with E-state index in [1.807, 2.05) is 37.3 Å². The maximum atomic E-state index is 13.3. The molecule has 33 heavy (non-hydrogen) atoms. The number of aromatic nitrogens is 2. The van der Waals surface area contributed by atoms with Crippen molar-refractivity contribution in [3.05, 3.63) is 81.4 Å². The van der Waals surface area contributed by atoms with Gasteiger partial charge in [0.1, 0.15) is 0 Å². The molecule has 2 heterocycles. The van der Waals surface area contributed by atoms with Crippen LogP contribution in [-0.2, 0) is 11.2 Å². The fourth-order valence-corrected chi connectivity index (χ4v) is 5.27. The highest BCUT2D eigenvalue weighted by Crippen LogP contribution is 2.38. The second-order valence-corrected chi connectivity index (χ2v) is 9.57. The largest absolute Gasteiger partial charge is 0.325 e. The summed E-state index contributed by atoms with van der Waals surface area (Å²) in [7, 11) is 0. The van der Waals surface area contributed by atoms with Crippen molar-refractivity contribution in [1.29, 1.82) is 0 Å². The van der Waals surface area contributed by atoms with Crippen LogP contribution in [0, 0.1) is 6.92 Å². The normalized spacial score (nSPS) is 15.2. The molecule has 1 unspecified atom stereocenters. The van der Waals surface area contributed by atoms with Crippen molar-refractivity contribution in [2.24, 2.45) is 0 Å². The van der Waals surface area contributed by atoms with E-state index in [9.17, 15) is 9.59 Å². The number of thiazole rings is 1. The van der Waals surface area contributed by atoms with Crippen LogP contribution in [0.15, 0.2) is 54.6 Å². The van der Waals surface area contributed by atoms with Crippen LogP contribution in [0.5, 0.6) is 0 Å². The number of halogens is 1. The summed E-state index contributed by atoms with van der Waals surface area (Å²) < 4.78 is 0. The van der Waals surface area contributed by atoms with Gasteiger partial charge in [-0.25, -0.2) is 4.98 Å². The molecule has 6 nitrogen and oxygen atoms in total. The first-order chi connectivity index (χ1) is 16.0. The van der Waals surface area contributed by atoms with Crippen LogP contribution in [0.4, 0.5) is 10.8 Å². The third kappa shape index (κ3) is 4.47. The average Bonchev–Trinajstić information content (AvgIpc) is 3.21. The molecular weight excluding hydrogens is 456 g/mol. The average molecular weight is 477 g/mol. The predicted octanol–water partition coefficient (Wildman–Crippen LogP) is 5.96. The molecule has 0 saturated carbocycles. The summed E-state index contributed by atoms with van der Waals surface area (Å²) in [6.07, 6.45) is 2.47. The molecule has 0 bridgehead atoms. The molecule has 2 aromatic carbocycles. The van der Waals surface area contributed by atoms with Crippen molar-refractivity contribution in [3.63, 3.8) is 0 Å². The van der Waals surface area contributed by atoms with E-state index in [1.165, 1.54) is 11.3 Å². The molecule has 5 rings (SSSR count). The quantitative estimate of drug-likeness (QED) is 0.380. The minimum absolute atomic E-state index is 0.0927. The van der Waals surface area contributed by atoms with Crippen molar-refractivity contribution in [1.82, 2.24) is 9.97 Å². The van der Waals surface area contributed by atoms with Crippen LogP contribution >= 0.6 is 22.9 Å². The van der Waals surface area contributed by atoms with Crippen molar-refractivity contribution in [2.45, 2.75) is 32.1 Å². The Bertz CT molecular complexity index is 1370. The van der Waals surface area contributed by atoms with Gasteiger partial charge in [-0.2, -0.15) is 0 Å². The number of nitrogens with zero attached hydrogens (tertiary/aromatic N) is 2. The van der Waals surface area contributed by atoms with Gasteiger partial charge in [0.15, 0.2) is 5.13 Å². The molecule has 4 aromatic rings. The molecule has 2 N–H and O–H groups in total. The SMILES string of the molecule is Cc1ccc2c(NC(=O)C3CCCc4sc(NC(=O)c5ccc(Cl)cc5)nc43)cccc2n1. The van der Waals surface area contributed by atoms with Gasteiger partial charge in [-0.15, -0.1) is 11.3 Å². The number of aryl methyl sites for hydroxylation is 2. The van der Waals surface area contributed by atoms with Crippen molar-refractivity contribution in [3.8, 4) is 0 Å². The number of carbonyl (C=O) groups is 2. The molecule has 8 heteroatoms. The van der Waals surface area contributed by atoms with Gasteiger partial charge in [0.25, 0.3) is 5.91 Å². The Labute approximate surface area is 200 Å². The summed E-state index contributed by atoms with van der Waals surface area (Å²) in [5.41, 5.74) is 3.77. The fraction of sp³-hybridized carbons (Fsp3) is 0.200. The van der Waals surface area contributed by atoms with Gasteiger partial charge in [0, 0.05) is 26.5 Å². The molecular formula is C25H21ClN4O2S. The summed E-state index contributed by atoms with van der Waals surface area (Å²) in [6, 6.07) is 16.3. The molecule has 1 aliphatic rings. The fourth-order valence-electron chi connectivity index (χ4n) is 4.08. The zero-order chi connectivity index (χ0) is 22.9.